The van der Waals surface area contributed by atoms with Crippen molar-refractivity contribution in [3.05, 3.63) is 41.5 Å². The smallest absolute Gasteiger partial charge is 0.253 e. The molecule has 0 spiro atoms. The van der Waals surface area contributed by atoms with Crippen LogP contribution in [0.5, 0.6) is 0 Å². The molecule has 3 nitrogen and oxygen atoms in total. The van der Waals surface area contributed by atoms with Crippen LogP contribution in [0, 0.1) is 0 Å². The Morgan fingerprint density at radius 1 is 0.840 bits per heavy atom. The highest BCUT2D eigenvalue weighted by molar-refractivity contribution is 6.36. The minimum atomic E-state index is -0.315. The summed E-state index contributed by atoms with van der Waals surface area (Å²) in [6.45, 7) is 18.9. The van der Waals surface area contributed by atoms with Crippen molar-refractivity contribution in [3.8, 4) is 0 Å². The van der Waals surface area contributed by atoms with Gasteiger partial charge in [-0.2, -0.15) is 0 Å². The summed E-state index contributed by atoms with van der Waals surface area (Å²) in [7, 11) is 0. The van der Waals surface area contributed by atoms with Crippen LogP contribution in [0.4, 0.5) is 0 Å². The molecule has 0 saturated carbocycles. The molecule has 0 N–H and O–H groups in total. The summed E-state index contributed by atoms with van der Waals surface area (Å²) in [5.74, 6) is 0.777. The molecule has 0 aromatic heterocycles. The van der Waals surface area contributed by atoms with Gasteiger partial charge in [-0.1, -0.05) is 45.0 Å². The number of aliphatic imine (C=N–C) groups is 1. The molecule has 0 aliphatic carbocycles. The van der Waals surface area contributed by atoms with Gasteiger partial charge in [0.15, 0.2) is 0 Å². The summed E-state index contributed by atoms with van der Waals surface area (Å²) in [5, 5.41) is 0. The number of benzene rings is 1. The molecular formula is C22H32N2O. The molecule has 136 valence electrons. The van der Waals surface area contributed by atoms with Gasteiger partial charge >= 0.3 is 0 Å². The first-order chi connectivity index (χ1) is 11.2. The maximum absolute atomic E-state index is 12.7. The van der Waals surface area contributed by atoms with Crippen molar-refractivity contribution < 1.29 is 4.79 Å². The van der Waals surface area contributed by atoms with E-state index < -0.39 is 0 Å². The first-order valence-electron chi connectivity index (χ1n) is 8.97. The van der Waals surface area contributed by atoms with E-state index in [1.54, 1.807) is 6.08 Å². The SMILES string of the molecule is CC(C)(C)N=C1C(c2ccc(C(C)(C)C)cc2)=CC(=O)N1C(C)(C)C. The lowest BCUT2D eigenvalue weighted by Gasteiger charge is -2.34. The second-order valence-corrected chi connectivity index (χ2v) is 9.84. The average molecular weight is 341 g/mol. The number of rotatable bonds is 1. The molecule has 0 fully saturated rings. The zero-order valence-electron chi connectivity index (χ0n) is 17.2. The van der Waals surface area contributed by atoms with Gasteiger partial charge in [0.25, 0.3) is 5.91 Å². The lowest BCUT2D eigenvalue weighted by molar-refractivity contribution is -0.124. The van der Waals surface area contributed by atoms with Crippen molar-refractivity contribution >= 4 is 17.3 Å². The van der Waals surface area contributed by atoms with Crippen molar-refractivity contribution in [1.29, 1.82) is 0 Å². The molecule has 1 heterocycles. The Hall–Kier alpha value is -1.90. The number of hydrogen-bond donors (Lipinski definition) is 0. The molecule has 0 atom stereocenters. The zero-order chi connectivity index (χ0) is 19.2. The second kappa shape index (κ2) is 6.12. The van der Waals surface area contributed by atoms with Gasteiger partial charge in [-0.05, 0) is 58.1 Å². The Kier molecular flexibility index (Phi) is 4.75. The van der Waals surface area contributed by atoms with Crippen LogP contribution in [0.1, 0.15) is 73.4 Å². The van der Waals surface area contributed by atoms with Gasteiger partial charge in [-0.25, -0.2) is 0 Å². The third-order valence-electron chi connectivity index (χ3n) is 4.11. The van der Waals surface area contributed by atoms with Crippen LogP contribution in [0.2, 0.25) is 0 Å². The maximum atomic E-state index is 12.7. The lowest BCUT2D eigenvalue weighted by Crippen LogP contribution is -2.46. The third-order valence-corrected chi connectivity index (χ3v) is 4.11. The summed E-state index contributed by atoms with van der Waals surface area (Å²) < 4.78 is 0. The normalized spacial score (nSPS) is 18.1. The standard InChI is InChI=1S/C22H32N2O/c1-20(2,3)16-12-10-15(11-13-16)17-14-18(25)24(22(7,8)9)19(17)23-21(4,5)6/h10-14H,1-9H3. The fourth-order valence-electron chi connectivity index (χ4n) is 2.92. The zero-order valence-corrected chi connectivity index (χ0v) is 17.2. The van der Waals surface area contributed by atoms with Crippen molar-refractivity contribution in [2.75, 3.05) is 0 Å². The summed E-state index contributed by atoms with van der Waals surface area (Å²) >= 11 is 0. The fourth-order valence-corrected chi connectivity index (χ4v) is 2.92. The minimum absolute atomic E-state index is 0.00500. The number of amidine groups is 1. The number of amides is 1. The summed E-state index contributed by atoms with van der Waals surface area (Å²) in [5.41, 5.74) is 2.77. The molecule has 1 aromatic rings. The Morgan fingerprint density at radius 3 is 1.76 bits per heavy atom. The van der Waals surface area contributed by atoms with Gasteiger partial charge in [-0.3, -0.25) is 14.7 Å². The van der Waals surface area contributed by atoms with E-state index >= 15 is 0 Å². The summed E-state index contributed by atoms with van der Waals surface area (Å²) in [4.78, 5) is 19.4. The van der Waals surface area contributed by atoms with E-state index in [1.807, 2.05) is 25.7 Å². The first-order valence-corrected chi connectivity index (χ1v) is 8.97. The monoisotopic (exact) mass is 340 g/mol. The molecular weight excluding hydrogens is 308 g/mol. The predicted molar refractivity (Wildman–Crippen MR) is 107 cm³/mol. The number of hydrogen-bond acceptors (Lipinski definition) is 2. The largest absolute Gasteiger partial charge is 0.288 e. The van der Waals surface area contributed by atoms with Crippen molar-refractivity contribution in [3.63, 3.8) is 0 Å². The van der Waals surface area contributed by atoms with E-state index in [2.05, 4.69) is 65.8 Å². The van der Waals surface area contributed by atoms with Gasteiger partial charge in [-0.15, -0.1) is 0 Å². The van der Waals surface area contributed by atoms with E-state index in [1.165, 1.54) is 5.56 Å². The molecule has 0 saturated heterocycles. The minimum Gasteiger partial charge on any atom is -0.288 e. The Bertz CT molecular complexity index is 717. The van der Waals surface area contributed by atoms with Gasteiger partial charge < -0.3 is 0 Å². The molecule has 0 bridgehead atoms. The van der Waals surface area contributed by atoms with E-state index in [4.69, 9.17) is 4.99 Å². The molecule has 1 aromatic carbocycles. The molecule has 0 radical (unpaired) electrons. The first kappa shape index (κ1) is 19.4. The van der Waals surface area contributed by atoms with Crippen LogP contribution in [0.3, 0.4) is 0 Å². The second-order valence-electron chi connectivity index (χ2n) is 9.84. The topological polar surface area (TPSA) is 32.7 Å². The van der Waals surface area contributed by atoms with Crippen LogP contribution in [-0.4, -0.2) is 27.7 Å². The molecule has 1 amide bonds. The summed E-state index contributed by atoms with van der Waals surface area (Å²) in [6, 6.07) is 8.50. The van der Waals surface area contributed by atoms with Gasteiger partial charge in [0, 0.05) is 17.2 Å². The summed E-state index contributed by atoms with van der Waals surface area (Å²) in [6.07, 6.45) is 1.72. The van der Waals surface area contributed by atoms with Crippen LogP contribution < -0.4 is 0 Å². The van der Waals surface area contributed by atoms with E-state index in [0.29, 0.717) is 0 Å². The van der Waals surface area contributed by atoms with Gasteiger partial charge in [0.05, 0.1) is 5.54 Å². The highest BCUT2D eigenvalue weighted by Crippen LogP contribution is 2.32. The van der Waals surface area contributed by atoms with Crippen LogP contribution in [-0.2, 0) is 10.2 Å². The van der Waals surface area contributed by atoms with Crippen molar-refractivity contribution in [2.24, 2.45) is 4.99 Å². The Labute approximate surface area is 152 Å². The van der Waals surface area contributed by atoms with E-state index in [0.717, 1.165) is 17.0 Å². The van der Waals surface area contributed by atoms with Crippen LogP contribution >= 0.6 is 0 Å². The number of carbonyl (C=O) groups is 1. The van der Waals surface area contributed by atoms with Crippen LogP contribution in [0.25, 0.3) is 5.57 Å². The van der Waals surface area contributed by atoms with Gasteiger partial charge in [0.1, 0.15) is 5.84 Å². The molecule has 25 heavy (non-hydrogen) atoms. The van der Waals surface area contributed by atoms with Gasteiger partial charge in [0.2, 0.25) is 0 Å². The Balaban J connectivity index is 2.54. The third kappa shape index (κ3) is 4.39. The van der Waals surface area contributed by atoms with Crippen LogP contribution in [0.15, 0.2) is 35.3 Å². The molecule has 0 unspecified atom stereocenters. The average Bonchev–Trinajstić information content (AvgIpc) is 2.72. The maximum Gasteiger partial charge on any atom is 0.253 e. The van der Waals surface area contributed by atoms with Crippen molar-refractivity contribution in [1.82, 2.24) is 4.90 Å². The quantitative estimate of drug-likeness (QED) is 0.691. The highest BCUT2D eigenvalue weighted by atomic mass is 16.2. The fraction of sp³-hybridized carbons (Fsp3) is 0.545. The molecule has 1 aliphatic rings. The van der Waals surface area contributed by atoms with E-state index in [9.17, 15) is 4.79 Å². The predicted octanol–water partition coefficient (Wildman–Crippen LogP) is 5.21. The van der Waals surface area contributed by atoms with Crippen molar-refractivity contribution in [2.45, 2.75) is 78.8 Å². The number of nitrogens with zero attached hydrogens (tertiary/aromatic N) is 2. The molecule has 1 aliphatic heterocycles. The van der Waals surface area contributed by atoms with E-state index in [-0.39, 0.29) is 22.4 Å². The number of carbonyl (C=O) groups excluding carboxylic acids is 1. The lowest BCUT2D eigenvalue weighted by atomic mass is 9.86. The Morgan fingerprint density at radius 2 is 1.36 bits per heavy atom. The molecule has 3 heteroatoms. The molecule has 2 rings (SSSR count). The highest BCUT2D eigenvalue weighted by Gasteiger charge is 2.38.